The molecule has 0 aliphatic heterocycles. The first kappa shape index (κ1) is 23.7. The number of phenols is 1. The Morgan fingerprint density at radius 3 is 2.20 bits per heavy atom. The van der Waals surface area contributed by atoms with Gasteiger partial charge in [0.15, 0.2) is 17.3 Å². The average Bonchev–Trinajstić information content (AvgIpc) is 2.59. The topological polar surface area (TPSA) is 119 Å². The number of ketones is 1. The molecule has 2 N–H and O–H groups in total. The lowest BCUT2D eigenvalue weighted by Gasteiger charge is -2.44. The number of carbonyl (C=O) groups excluding carboxylic acids is 3. The summed E-state index contributed by atoms with van der Waals surface area (Å²) in [6.45, 7) is 8.04. The van der Waals surface area contributed by atoms with Crippen LogP contribution in [-0.2, 0) is 23.9 Å². The van der Waals surface area contributed by atoms with Crippen molar-refractivity contribution in [1.82, 2.24) is 0 Å². The molecular formula is C22H30O8. The number of esters is 2. The van der Waals surface area contributed by atoms with Gasteiger partial charge in [0, 0.05) is 12.3 Å². The Morgan fingerprint density at radius 2 is 1.67 bits per heavy atom. The van der Waals surface area contributed by atoms with Crippen LogP contribution >= 0.6 is 0 Å². The number of phenolic OH excluding ortho intramolecular Hbond substituents is 1. The van der Waals surface area contributed by atoms with Crippen molar-refractivity contribution >= 4 is 17.7 Å². The van der Waals surface area contributed by atoms with Crippen molar-refractivity contribution in [2.24, 2.45) is 11.8 Å². The predicted octanol–water partition coefficient (Wildman–Crippen LogP) is 2.34. The SMILES string of the molecule is COc1cc([C@@H]2[C@H](C(=O)OC(C)C)C(=O)C[C@](C)(O)[C@@H]2C(=O)OC(C)C)ccc1O. The van der Waals surface area contributed by atoms with Crippen LogP contribution in [0.2, 0.25) is 0 Å². The van der Waals surface area contributed by atoms with Gasteiger partial charge in [0.25, 0.3) is 0 Å². The number of rotatable bonds is 6. The van der Waals surface area contributed by atoms with E-state index in [1.165, 1.54) is 32.2 Å². The third-order valence-electron chi connectivity index (χ3n) is 5.07. The second-order valence-corrected chi connectivity index (χ2v) is 8.38. The van der Waals surface area contributed by atoms with Crippen molar-refractivity contribution in [1.29, 1.82) is 0 Å². The summed E-state index contributed by atoms with van der Waals surface area (Å²) in [5.74, 6) is -5.64. The zero-order chi connectivity index (χ0) is 22.8. The molecule has 0 heterocycles. The molecule has 0 radical (unpaired) electrons. The van der Waals surface area contributed by atoms with Crippen LogP contribution in [0.25, 0.3) is 0 Å². The molecule has 30 heavy (non-hydrogen) atoms. The number of hydrogen-bond donors (Lipinski definition) is 2. The number of aromatic hydroxyl groups is 1. The molecule has 8 nitrogen and oxygen atoms in total. The zero-order valence-electron chi connectivity index (χ0n) is 18.2. The van der Waals surface area contributed by atoms with E-state index in [2.05, 4.69) is 0 Å². The van der Waals surface area contributed by atoms with Crippen LogP contribution in [0.15, 0.2) is 18.2 Å². The molecule has 8 heteroatoms. The Labute approximate surface area is 176 Å². The quantitative estimate of drug-likeness (QED) is 0.530. The Kier molecular flexibility index (Phi) is 7.13. The third kappa shape index (κ3) is 4.92. The molecule has 0 amide bonds. The second kappa shape index (κ2) is 9.04. The van der Waals surface area contributed by atoms with E-state index in [-0.39, 0.29) is 11.5 Å². The minimum Gasteiger partial charge on any atom is -0.504 e. The highest BCUT2D eigenvalue weighted by molar-refractivity contribution is 6.02. The summed E-state index contributed by atoms with van der Waals surface area (Å²) >= 11 is 0. The minimum absolute atomic E-state index is 0.108. The fraction of sp³-hybridized carbons (Fsp3) is 0.591. The first-order valence-corrected chi connectivity index (χ1v) is 9.92. The van der Waals surface area contributed by atoms with E-state index in [0.29, 0.717) is 5.56 Å². The highest BCUT2D eigenvalue weighted by Gasteiger charge is 2.57. The molecule has 1 saturated carbocycles. The average molecular weight is 422 g/mol. The van der Waals surface area contributed by atoms with Gasteiger partial charge in [0.1, 0.15) is 5.92 Å². The summed E-state index contributed by atoms with van der Waals surface area (Å²) in [6, 6.07) is 4.28. The highest BCUT2D eigenvalue weighted by Crippen LogP contribution is 2.48. The normalized spacial score (nSPS) is 26.6. The summed E-state index contributed by atoms with van der Waals surface area (Å²) in [4.78, 5) is 38.8. The van der Waals surface area contributed by atoms with Crippen molar-refractivity contribution in [3.05, 3.63) is 23.8 Å². The van der Waals surface area contributed by atoms with Gasteiger partial charge in [-0.3, -0.25) is 14.4 Å². The molecular weight excluding hydrogens is 392 g/mol. The second-order valence-electron chi connectivity index (χ2n) is 8.38. The third-order valence-corrected chi connectivity index (χ3v) is 5.07. The molecule has 2 rings (SSSR count). The van der Waals surface area contributed by atoms with Crippen molar-refractivity contribution in [2.75, 3.05) is 7.11 Å². The summed E-state index contributed by atoms with van der Waals surface area (Å²) in [7, 11) is 1.36. The van der Waals surface area contributed by atoms with Gasteiger partial charge in [0.2, 0.25) is 0 Å². The molecule has 0 unspecified atom stereocenters. The van der Waals surface area contributed by atoms with E-state index < -0.39 is 59.7 Å². The van der Waals surface area contributed by atoms with Crippen LogP contribution in [-0.4, -0.2) is 52.9 Å². The van der Waals surface area contributed by atoms with Gasteiger partial charge in [-0.15, -0.1) is 0 Å². The van der Waals surface area contributed by atoms with Gasteiger partial charge in [0.05, 0.1) is 30.8 Å². The number of carbonyl (C=O) groups is 3. The molecule has 166 valence electrons. The summed E-state index contributed by atoms with van der Waals surface area (Å²) < 4.78 is 15.8. The Balaban J connectivity index is 2.67. The van der Waals surface area contributed by atoms with Crippen LogP contribution in [0.5, 0.6) is 11.5 Å². The highest BCUT2D eigenvalue weighted by atomic mass is 16.5. The Morgan fingerprint density at radius 1 is 1.10 bits per heavy atom. The number of hydrogen-bond acceptors (Lipinski definition) is 8. The Hall–Kier alpha value is -2.61. The van der Waals surface area contributed by atoms with Crippen molar-refractivity contribution < 1.29 is 38.8 Å². The largest absolute Gasteiger partial charge is 0.504 e. The predicted molar refractivity (Wildman–Crippen MR) is 107 cm³/mol. The standard InChI is InChI=1S/C22H30O8/c1-11(2)29-20(25)18-15(24)10-22(5,27)19(21(26)30-12(3)4)17(18)13-7-8-14(23)16(9-13)28-6/h7-9,11-12,17-19,23,27H,10H2,1-6H3/t17-,18-,19+,22+/m1/s1. The minimum atomic E-state index is -1.74. The van der Waals surface area contributed by atoms with E-state index in [1.54, 1.807) is 27.7 Å². The molecule has 4 atom stereocenters. The maximum Gasteiger partial charge on any atom is 0.317 e. The number of ether oxygens (including phenoxy) is 3. The first-order valence-electron chi connectivity index (χ1n) is 9.92. The van der Waals surface area contributed by atoms with Crippen molar-refractivity contribution in [3.8, 4) is 11.5 Å². The lowest BCUT2D eigenvalue weighted by molar-refractivity contribution is -0.176. The van der Waals surface area contributed by atoms with Gasteiger partial charge < -0.3 is 24.4 Å². The van der Waals surface area contributed by atoms with Crippen LogP contribution in [0, 0.1) is 11.8 Å². The summed E-state index contributed by atoms with van der Waals surface area (Å²) in [6.07, 6.45) is -1.32. The van der Waals surface area contributed by atoms with Gasteiger partial charge in [-0.2, -0.15) is 0 Å². The van der Waals surface area contributed by atoms with Gasteiger partial charge in [-0.05, 0) is 52.3 Å². The van der Waals surface area contributed by atoms with Crippen LogP contribution in [0.1, 0.15) is 52.5 Å². The van der Waals surface area contributed by atoms with Gasteiger partial charge in [-0.1, -0.05) is 6.07 Å². The fourth-order valence-corrected chi connectivity index (χ4v) is 3.93. The van der Waals surface area contributed by atoms with Crippen molar-refractivity contribution in [3.63, 3.8) is 0 Å². The van der Waals surface area contributed by atoms with Crippen molar-refractivity contribution in [2.45, 2.75) is 64.8 Å². The van der Waals surface area contributed by atoms with E-state index in [4.69, 9.17) is 14.2 Å². The summed E-state index contributed by atoms with van der Waals surface area (Å²) in [5, 5.41) is 21.0. The van der Waals surface area contributed by atoms with Crippen LogP contribution in [0.4, 0.5) is 0 Å². The number of benzene rings is 1. The fourth-order valence-electron chi connectivity index (χ4n) is 3.93. The van der Waals surface area contributed by atoms with Gasteiger partial charge >= 0.3 is 11.9 Å². The number of aliphatic hydroxyl groups is 1. The molecule has 0 bridgehead atoms. The van der Waals surface area contributed by atoms with E-state index in [9.17, 15) is 24.6 Å². The molecule has 1 aromatic rings. The Bertz CT molecular complexity index is 803. The van der Waals surface area contributed by atoms with E-state index in [0.717, 1.165) is 0 Å². The molecule has 1 fully saturated rings. The van der Waals surface area contributed by atoms with E-state index >= 15 is 0 Å². The monoisotopic (exact) mass is 422 g/mol. The zero-order valence-corrected chi connectivity index (χ0v) is 18.2. The first-order chi connectivity index (χ1) is 13.9. The lowest BCUT2D eigenvalue weighted by Crippen LogP contribution is -2.55. The molecule has 1 aliphatic rings. The maximum absolute atomic E-state index is 13.0. The molecule has 0 aromatic heterocycles. The van der Waals surface area contributed by atoms with E-state index in [1.807, 2.05) is 0 Å². The summed E-state index contributed by atoms with van der Waals surface area (Å²) in [5.41, 5.74) is -1.37. The number of Topliss-reactive ketones (excluding diaryl/α,β-unsaturated/α-hetero) is 1. The smallest absolute Gasteiger partial charge is 0.317 e. The molecule has 1 aliphatic carbocycles. The number of methoxy groups -OCH3 is 1. The van der Waals surface area contributed by atoms with Crippen LogP contribution in [0.3, 0.4) is 0 Å². The molecule has 0 saturated heterocycles. The maximum atomic E-state index is 13.0. The molecule has 1 aromatic carbocycles. The lowest BCUT2D eigenvalue weighted by atomic mass is 9.61. The van der Waals surface area contributed by atoms with Crippen LogP contribution < -0.4 is 4.74 Å². The van der Waals surface area contributed by atoms with Gasteiger partial charge in [-0.25, -0.2) is 0 Å². The molecule has 0 spiro atoms.